The smallest absolute Gasteiger partial charge is 0.408 e. The molecule has 0 aliphatic carbocycles. The predicted octanol–water partition coefficient (Wildman–Crippen LogP) is 3.05. The summed E-state index contributed by atoms with van der Waals surface area (Å²) in [6.45, 7) is 10.1. The van der Waals surface area contributed by atoms with E-state index in [4.69, 9.17) is 14.2 Å². The molecular weight excluding hydrogens is 294 g/mol. The van der Waals surface area contributed by atoms with Crippen molar-refractivity contribution in [3.63, 3.8) is 0 Å². The number of nitrogens with one attached hydrogen (secondary N) is 1. The average Bonchev–Trinajstić information content (AvgIpc) is 2.86. The van der Waals surface area contributed by atoms with Crippen molar-refractivity contribution in [3.8, 4) is 0 Å². The molecule has 0 saturated carbocycles. The van der Waals surface area contributed by atoms with Crippen LogP contribution in [0.25, 0.3) is 0 Å². The molecule has 1 aromatic carbocycles. The first-order valence-electron chi connectivity index (χ1n) is 7.78. The minimum atomic E-state index is -0.540. The third kappa shape index (κ3) is 5.37. The number of hydrogen-bond donors (Lipinski definition) is 1. The van der Waals surface area contributed by atoms with Crippen molar-refractivity contribution in [2.75, 3.05) is 6.61 Å². The summed E-state index contributed by atoms with van der Waals surface area (Å²) in [5, 5.41) is 2.83. The fraction of sp³-hybridized carbons (Fsp3) is 0.500. The summed E-state index contributed by atoms with van der Waals surface area (Å²) in [5.41, 5.74) is 0.528. The third-order valence-electron chi connectivity index (χ3n) is 3.41. The van der Waals surface area contributed by atoms with Gasteiger partial charge in [-0.25, -0.2) is 4.79 Å². The Kier molecular flexibility index (Phi) is 5.80. The summed E-state index contributed by atoms with van der Waals surface area (Å²) < 4.78 is 16.9. The van der Waals surface area contributed by atoms with Crippen LogP contribution >= 0.6 is 0 Å². The van der Waals surface area contributed by atoms with Crippen LogP contribution in [0.2, 0.25) is 0 Å². The Morgan fingerprint density at radius 3 is 2.70 bits per heavy atom. The quantitative estimate of drug-likeness (QED) is 0.848. The molecule has 126 valence electrons. The number of benzene rings is 1. The van der Waals surface area contributed by atoms with Gasteiger partial charge in [-0.05, 0) is 26.3 Å². The second kappa shape index (κ2) is 7.62. The highest BCUT2D eigenvalue weighted by Gasteiger charge is 2.38. The molecule has 1 amide bonds. The third-order valence-corrected chi connectivity index (χ3v) is 3.41. The van der Waals surface area contributed by atoms with Gasteiger partial charge in [-0.15, -0.1) is 6.58 Å². The van der Waals surface area contributed by atoms with Crippen LogP contribution in [0.15, 0.2) is 43.0 Å². The van der Waals surface area contributed by atoms with Crippen LogP contribution < -0.4 is 5.32 Å². The van der Waals surface area contributed by atoms with Gasteiger partial charge in [0.2, 0.25) is 0 Å². The van der Waals surface area contributed by atoms with Crippen molar-refractivity contribution in [2.24, 2.45) is 0 Å². The molecule has 0 aromatic heterocycles. The van der Waals surface area contributed by atoms with Crippen LogP contribution in [0.5, 0.6) is 0 Å². The Morgan fingerprint density at radius 2 is 2.09 bits per heavy atom. The second-order valence-electron chi connectivity index (χ2n) is 6.55. The zero-order valence-electron chi connectivity index (χ0n) is 14.0. The highest BCUT2D eigenvalue weighted by molar-refractivity contribution is 5.68. The zero-order valence-corrected chi connectivity index (χ0v) is 14.0. The van der Waals surface area contributed by atoms with Crippen LogP contribution in [0.1, 0.15) is 26.3 Å². The molecule has 1 heterocycles. The van der Waals surface area contributed by atoms with Gasteiger partial charge in [0.05, 0.1) is 19.3 Å². The molecule has 1 fully saturated rings. The van der Waals surface area contributed by atoms with Gasteiger partial charge in [0.25, 0.3) is 0 Å². The summed E-state index contributed by atoms with van der Waals surface area (Å²) in [5.74, 6) is 0. The van der Waals surface area contributed by atoms with Gasteiger partial charge < -0.3 is 19.5 Å². The van der Waals surface area contributed by atoms with E-state index >= 15 is 0 Å². The molecule has 1 saturated heterocycles. The Morgan fingerprint density at radius 1 is 1.39 bits per heavy atom. The minimum absolute atomic E-state index is 0.251. The summed E-state index contributed by atoms with van der Waals surface area (Å²) in [6, 6.07) is 9.61. The molecule has 5 nitrogen and oxygen atoms in total. The lowest BCUT2D eigenvalue weighted by molar-refractivity contribution is -0.00609. The number of alkyl carbamates (subject to hydrolysis) is 1. The lowest BCUT2D eigenvalue weighted by atomic mass is 10.1. The molecule has 0 spiro atoms. The van der Waals surface area contributed by atoms with Crippen molar-refractivity contribution in [1.29, 1.82) is 0 Å². The minimum Gasteiger partial charge on any atom is -0.444 e. The van der Waals surface area contributed by atoms with E-state index in [1.807, 2.05) is 51.1 Å². The van der Waals surface area contributed by atoms with Gasteiger partial charge in [0.15, 0.2) is 0 Å². The predicted molar refractivity (Wildman–Crippen MR) is 88.1 cm³/mol. The first-order chi connectivity index (χ1) is 10.9. The SMILES string of the molecule is C=C[C@@H]1OC[C@H](NC(=O)OC(C)(C)C)[C@@H]1OCc1ccccc1. The van der Waals surface area contributed by atoms with Gasteiger partial charge in [-0.3, -0.25) is 0 Å². The highest BCUT2D eigenvalue weighted by atomic mass is 16.6. The van der Waals surface area contributed by atoms with E-state index in [9.17, 15) is 4.79 Å². The van der Waals surface area contributed by atoms with E-state index in [1.54, 1.807) is 6.08 Å². The molecule has 1 aromatic rings. The molecule has 1 N–H and O–H groups in total. The number of rotatable bonds is 5. The van der Waals surface area contributed by atoms with Crippen LogP contribution in [0.4, 0.5) is 4.79 Å². The van der Waals surface area contributed by atoms with Crippen molar-refractivity contribution in [2.45, 2.75) is 51.2 Å². The lowest BCUT2D eigenvalue weighted by Gasteiger charge is -2.25. The van der Waals surface area contributed by atoms with E-state index in [-0.39, 0.29) is 18.2 Å². The second-order valence-corrected chi connectivity index (χ2v) is 6.55. The van der Waals surface area contributed by atoms with Crippen LogP contribution in [0.3, 0.4) is 0 Å². The van der Waals surface area contributed by atoms with Gasteiger partial charge in [0.1, 0.15) is 17.8 Å². The molecule has 0 radical (unpaired) electrons. The molecular formula is C18H25NO4. The highest BCUT2D eigenvalue weighted by Crippen LogP contribution is 2.21. The maximum atomic E-state index is 12.0. The Hall–Kier alpha value is -1.85. The first-order valence-corrected chi connectivity index (χ1v) is 7.78. The fourth-order valence-electron chi connectivity index (χ4n) is 2.40. The van der Waals surface area contributed by atoms with Crippen LogP contribution in [-0.4, -0.2) is 36.6 Å². The van der Waals surface area contributed by atoms with Crippen molar-refractivity contribution in [1.82, 2.24) is 5.32 Å². The van der Waals surface area contributed by atoms with E-state index < -0.39 is 11.7 Å². The zero-order chi connectivity index (χ0) is 16.9. The maximum absolute atomic E-state index is 12.0. The van der Waals surface area contributed by atoms with Crippen LogP contribution in [0, 0.1) is 0 Å². The Bertz CT molecular complexity index is 524. The number of ether oxygens (including phenoxy) is 3. The molecule has 0 unspecified atom stereocenters. The normalized spacial score (nSPS) is 24.2. The monoisotopic (exact) mass is 319 g/mol. The maximum Gasteiger partial charge on any atom is 0.408 e. The number of amides is 1. The number of carbonyl (C=O) groups is 1. The largest absolute Gasteiger partial charge is 0.444 e. The fourth-order valence-corrected chi connectivity index (χ4v) is 2.40. The van der Waals surface area contributed by atoms with Gasteiger partial charge in [-0.1, -0.05) is 36.4 Å². The van der Waals surface area contributed by atoms with Crippen LogP contribution in [-0.2, 0) is 20.8 Å². The van der Waals surface area contributed by atoms with Crippen molar-refractivity contribution < 1.29 is 19.0 Å². The molecule has 0 bridgehead atoms. The number of hydrogen-bond acceptors (Lipinski definition) is 4. The Labute approximate surface area is 137 Å². The molecule has 1 aliphatic rings. The molecule has 5 heteroatoms. The average molecular weight is 319 g/mol. The summed E-state index contributed by atoms with van der Waals surface area (Å²) >= 11 is 0. The van der Waals surface area contributed by atoms with E-state index in [2.05, 4.69) is 11.9 Å². The van der Waals surface area contributed by atoms with Gasteiger partial charge in [-0.2, -0.15) is 0 Å². The summed E-state index contributed by atoms with van der Waals surface area (Å²) in [7, 11) is 0. The van der Waals surface area contributed by atoms with E-state index in [0.29, 0.717) is 13.2 Å². The molecule has 1 aliphatic heterocycles. The summed E-state index contributed by atoms with van der Waals surface area (Å²) in [4.78, 5) is 12.0. The molecule has 3 atom stereocenters. The standard InChI is InChI=1S/C18H25NO4/c1-5-15-16(22-11-13-9-7-6-8-10-13)14(12-21-15)19-17(20)23-18(2,3)4/h5-10,14-16H,1,11-12H2,2-4H3,(H,19,20)/t14-,15-,16-/m0/s1. The summed E-state index contributed by atoms with van der Waals surface area (Å²) in [6.07, 6.45) is 0.690. The van der Waals surface area contributed by atoms with E-state index in [0.717, 1.165) is 5.56 Å². The number of carbonyl (C=O) groups excluding carboxylic acids is 1. The van der Waals surface area contributed by atoms with Gasteiger partial charge >= 0.3 is 6.09 Å². The topological polar surface area (TPSA) is 56.8 Å². The van der Waals surface area contributed by atoms with Crippen molar-refractivity contribution >= 4 is 6.09 Å². The lowest BCUT2D eigenvalue weighted by Crippen LogP contribution is -2.47. The van der Waals surface area contributed by atoms with Gasteiger partial charge in [0, 0.05) is 0 Å². The molecule has 2 rings (SSSR count). The first kappa shape index (κ1) is 17.5. The Balaban J connectivity index is 1.95. The van der Waals surface area contributed by atoms with Crippen molar-refractivity contribution in [3.05, 3.63) is 48.6 Å². The molecule has 23 heavy (non-hydrogen) atoms. The van der Waals surface area contributed by atoms with E-state index in [1.165, 1.54) is 0 Å².